The number of rotatable bonds is 8. The van der Waals surface area contributed by atoms with Crippen molar-refractivity contribution in [2.45, 2.75) is 44.4 Å². The van der Waals surface area contributed by atoms with Gasteiger partial charge in [-0.1, -0.05) is 44.9 Å². The minimum atomic E-state index is -3.13. The Hall–Kier alpha value is -2.00. The highest BCUT2D eigenvalue weighted by Gasteiger charge is 2.41. The molecular formula is C24H30BrNO5S. The van der Waals surface area contributed by atoms with Crippen molar-refractivity contribution in [1.82, 2.24) is 0 Å². The van der Waals surface area contributed by atoms with E-state index in [1.807, 2.05) is 36.4 Å². The van der Waals surface area contributed by atoms with Crippen LogP contribution in [0.5, 0.6) is 5.75 Å². The predicted molar refractivity (Wildman–Crippen MR) is 133 cm³/mol. The molecule has 0 fully saturated rings. The van der Waals surface area contributed by atoms with Crippen molar-refractivity contribution in [2.24, 2.45) is 5.41 Å². The molecule has 0 saturated heterocycles. The van der Waals surface area contributed by atoms with Crippen LogP contribution in [0.15, 0.2) is 64.2 Å². The summed E-state index contributed by atoms with van der Waals surface area (Å²) in [4.78, 5) is 13.4. The molecule has 1 heterocycles. The summed E-state index contributed by atoms with van der Waals surface area (Å²) >= 11 is 3.51. The monoisotopic (exact) mass is 523 g/mol. The number of unbranched alkanes of at least 4 members (excludes halogenated alkanes) is 1. The van der Waals surface area contributed by atoms with Gasteiger partial charge in [0.05, 0.1) is 27.4 Å². The fourth-order valence-electron chi connectivity index (χ4n) is 4.16. The minimum Gasteiger partial charge on any atom is -0.478 e. The highest BCUT2D eigenvalue weighted by Crippen LogP contribution is 2.61. The number of carboxylic acid groups (broad SMARTS) is 1. The first kappa shape index (κ1) is 24.6. The van der Waals surface area contributed by atoms with Crippen molar-refractivity contribution in [3.05, 3.63) is 59.3 Å². The summed E-state index contributed by atoms with van der Waals surface area (Å²) in [5, 5.41) is 8.83. The Balaban J connectivity index is 2.16. The van der Waals surface area contributed by atoms with Gasteiger partial charge in [0.1, 0.15) is 5.75 Å². The zero-order valence-electron chi connectivity index (χ0n) is 18.3. The largest absolute Gasteiger partial charge is 0.478 e. The number of aliphatic carboxylic acids is 1. The maximum absolute atomic E-state index is 11.4. The number of benzene rings is 2. The standard InChI is InChI=1S/C24H30BrNO5S/c1-3-5-12-24(4-2)16-26(18-9-7-6-8-10-18)20-14-19(25)21(31-13-11-23(27)28)15-22(20)32(29,30)17-24/h6-11,13-15,29-30H,3-5,12,16-17H2,1-2H3,(H,27,28)/b13-11+. The zero-order chi connectivity index (χ0) is 23.4. The number of fused-ring (bicyclic) bond motifs is 1. The van der Waals surface area contributed by atoms with Crippen molar-refractivity contribution >= 4 is 43.9 Å². The van der Waals surface area contributed by atoms with Crippen molar-refractivity contribution in [3.8, 4) is 5.75 Å². The van der Waals surface area contributed by atoms with Crippen LogP contribution in [0, 0.1) is 5.41 Å². The van der Waals surface area contributed by atoms with Gasteiger partial charge in [-0.05, 0) is 47.0 Å². The van der Waals surface area contributed by atoms with E-state index in [9.17, 15) is 13.9 Å². The molecule has 0 amide bonds. The van der Waals surface area contributed by atoms with Gasteiger partial charge < -0.3 is 14.7 Å². The molecule has 2 aromatic carbocycles. The smallest absolute Gasteiger partial charge is 0.331 e. The molecule has 0 saturated carbocycles. The summed E-state index contributed by atoms with van der Waals surface area (Å²) < 4.78 is 28.9. The lowest BCUT2D eigenvalue weighted by atomic mass is 9.81. The van der Waals surface area contributed by atoms with Gasteiger partial charge in [0.25, 0.3) is 0 Å². The van der Waals surface area contributed by atoms with E-state index in [0.717, 1.165) is 43.7 Å². The molecule has 1 atom stereocenters. The molecule has 0 aromatic heterocycles. The van der Waals surface area contributed by atoms with Crippen LogP contribution in [0.1, 0.15) is 39.5 Å². The fraction of sp³-hybridized carbons (Fsp3) is 0.375. The second-order valence-electron chi connectivity index (χ2n) is 8.20. The maximum atomic E-state index is 11.4. The molecule has 6 nitrogen and oxygen atoms in total. The van der Waals surface area contributed by atoms with Gasteiger partial charge in [0.2, 0.25) is 0 Å². The first-order chi connectivity index (χ1) is 15.2. The molecule has 2 aromatic rings. The van der Waals surface area contributed by atoms with Gasteiger partial charge >= 0.3 is 5.97 Å². The Morgan fingerprint density at radius 2 is 1.97 bits per heavy atom. The maximum Gasteiger partial charge on any atom is 0.331 e. The molecule has 8 heteroatoms. The van der Waals surface area contributed by atoms with Gasteiger partial charge in [-0.2, -0.15) is 10.6 Å². The molecule has 3 rings (SSSR count). The third-order valence-corrected chi connectivity index (χ3v) is 8.61. The number of hydrogen-bond acceptors (Lipinski definition) is 5. The van der Waals surface area contributed by atoms with E-state index in [1.54, 1.807) is 6.07 Å². The Morgan fingerprint density at radius 1 is 1.25 bits per heavy atom. The van der Waals surface area contributed by atoms with Crippen molar-refractivity contribution in [3.63, 3.8) is 0 Å². The SMILES string of the molecule is CCCCC1(CC)CN(c2ccccc2)c2cc(Br)c(O/C=C/C(=O)O)cc2S(O)(O)C1. The highest BCUT2D eigenvalue weighted by molar-refractivity contribution is 9.10. The number of hydrogen-bond donors (Lipinski definition) is 3. The molecule has 1 aliphatic rings. The molecular weight excluding hydrogens is 494 g/mol. The first-order valence-corrected chi connectivity index (χ1v) is 13.2. The Morgan fingerprint density at radius 3 is 2.59 bits per heavy atom. The lowest BCUT2D eigenvalue weighted by Crippen LogP contribution is -2.37. The second-order valence-corrected chi connectivity index (χ2v) is 11.1. The van der Waals surface area contributed by atoms with Crippen LogP contribution in [0.3, 0.4) is 0 Å². The Labute approximate surface area is 199 Å². The number of para-hydroxylation sites is 1. The summed E-state index contributed by atoms with van der Waals surface area (Å²) in [5.41, 5.74) is 1.43. The van der Waals surface area contributed by atoms with Crippen molar-refractivity contribution in [1.29, 1.82) is 0 Å². The molecule has 3 N–H and O–H groups in total. The van der Waals surface area contributed by atoms with E-state index in [0.29, 0.717) is 27.3 Å². The van der Waals surface area contributed by atoms with Gasteiger partial charge in [0.15, 0.2) is 0 Å². The van der Waals surface area contributed by atoms with E-state index >= 15 is 0 Å². The molecule has 1 aliphatic heterocycles. The van der Waals surface area contributed by atoms with Crippen LogP contribution in [-0.2, 0) is 4.79 Å². The first-order valence-electron chi connectivity index (χ1n) is 10.7. The second kappa shape index (κ2) is 10.3. The number of halogens is 1. The van der Waals surface area contributed by atoms with E-state index in [1.165, 1.54) is 0 Å². The summed E-state index contributed by atoms with van der Waals surface area (Å²) in [7, 11) is -3.13. The third-order valence-electron chi connectivity index (χ3n) is 5.94. The van der Waals surface area contributed by atoms with Gasteiger partial charge in [-0.15, -0.1) is 0 Å². The van der Waals surface area contributed by atoms with E-state index in [-0.39, 0.29) is 11.2 Å². The number of carbonyl (C=O) groups is 1. The summed E-state index contributed by atoms with van der Waals surface area (Å²) in [6.45, 7) is 4.93. The van der Waals surface area contributed by atoms with Crippen LogP contribution in [0.25, 0.3) is 0 Å². The summed E-state index contributed by atoms with van der Waals surface area (Å²) in [5.74, 6) is -0.523. The number of ether oxygens (including phenoxy) is 1. The van der Waals surface area contributed by atoms with Gasteiger partial charge in [-0.3, -0.25) is 9.11 Å². The fourth-order valence-corrected chi connectivity index (χ4v) is 6.83. The van der Waals surface area contributed by atoms with Crippen LogP contribution in [0.4, 0.5) is 11.4 Å². The molecule has 174 valence electrons. The normalized spacial score (nSPS) is 21.1. The van der Waals surface area contributed by atoms with Crippen LogP contribution >= 0.6 is 26.5 Å². The minimum absolute atomic E-state index is 0.263. The van der Waals surface area contributed by atoms with Crippen molar-refractivity contribution < 1.29 is 23.7 Å². The topological polar surface area (TPSA) is 90.2 Å². The van der Waals surface area contributed by atoms with E-state index in [4.69, 9.17) is 9.84 Å². The Kier molecular flexibility index (Phi) is 7.92. The molecule has 0 spiro atoms. The van der Waals surface area contributed by atoms with E-state index in [2.05, 4.69) is 34.7 Å². The molecule has 32 heavy (non-hydrogen) atoms. The quantitative estimate of drug-likeness (QED) is 0.249. The van der Waals surface area contributed by atoms with Crippen LogP contribution < -0.4 is 9.64 Å². The predicted octanol–water partition coefficient (Wildman–Crippen LogP) is 7.27. The highest BCUT2D eigenvalue weighted by atomic mass is 79.9. The third kappa shape index (κ3) is 5.49. The van der Waals surface area contributed by atoms with E-state index < -0.39 is 16.6 Å². The molecule has 0 bridgehead atoms. The number of nitrogens with zero attached hydrogens (tertiary/aromatic N) is 1. The summed E-state index contributed by atoms with van der Waals surface area (Å²) in [6.07, 6.45) is 5.74. The van der Waals surface area contributed by atoms with Crippen molar-refractivity contribution in [2.75, 3.05) is 17.2 Å². The Bertz CT molecular complexity index is 982. The van der Waals surface area contributed by atoms with Crippen LogP contribution in [-0.4, -0.2) is 32.5 Å². The molecule has 0 aliphatic carbocycles. The average molecular weight is 524 g/mol. The summed E-state index contributed by atoms with van der Waals surface area (Å²) in [6, 6.07) is 13.4. The molecule has 0 radical (unpaired) electrons. The lowest BCUT2D eigenvalue weighted by Gasteiger charge is -2.41. The van der Waals surface area contributed by atoms with Crippen LogP contribution in [0.2, 0.25) is 0 Å². The average Bonchev–Trinajstić information content (AvgIpc) is 2.85. The number of anilines is 2. The molecule has 1 unspecified atom stereocenters. The number of carboxylic acids is 1. The van der Waals surface area contributed by atoms with Gasteiger partial charge in [-0.25, -0.2) is 4.79 Å². The zero-order valence-corrected chi connectivity index (χ0v) is 20.7. The lowest BCUT2D eigenvalue weighted by molar-refractivity contribution is -0.131. The van der Waals surface area contributed by atoms with Gasteiger partial charge in [0, 0.05) is 29.5 Å².